The molecule has 0 aliphatic heterocycles. The van der Waals surface area contributed by atoms with E-state index >= 15 is 0 Å². The molecule has 0 N–H and O–H groups in total. The van der Waals surface area contributed by atoms with Crippen molar-refractivity contribution in [2.75, 3.05) is 0 Å². The highest BCUT2D eigenvalue weighted by Gasteiger charge is 2.30. The Kier molecular flexibility index (Phi) is 4.17. The van der Waals surface area contributed by atoms with E-state index in [0.29, 0.717) is 22.6 Å². The average Bonchev–Trinajstić information content (AvgIpc) is 2.86. The fourth-order valence-electron chi connectivity index (χ4n) is 1.78. The largest absolute Gasteiger partial charge is 0.416 e. The lowest BCUT2D eigenvalue weighted by molar-refractivity contribution is -0.137. The number of hydrogen-bond acceptors (Lipinski definition) is 4. The van der Waals surface area contributed by atoms with Crippen LogP contribution in [0, 0.1) is 0 Å². The van der Waals surface area contributed by atoms with Gasteiger partial charge in [-0.3, -0.25) is 4.79 Å². The van der Waals surface area contributed by atoms with Crippen LogP contribution in [0.3, 0.4) is 0 Å². The fraction of sp³-hybridized carbons (Fsp3) is 0.308. The summed E-state index contributed by atoms with van der Waals surface area (Å²) in [6, 6.07) is 4.79. The summed E-state index contributed by atoms with van der Waals surface area (Å²) < 4.78 is 41.5. The Bertz CT molecular complexity index is 622. The molecule has 0 radical (unpaired) electrons. The number of aromatic nitrogens is 2. The molecule has 0 saturated heterocycles. The molecule has 1 aromatic heterocycles. The minimum Gasteiger partial charge on any atom is -0.293 e. The van der Waals surface area contributed by atoms with Gasteiger partial charge in [0.05, 0.1) is 11.3 Å². The Morgan fingerprint density at radius 2 is 2.10 bits per heavy atom. The maximum absolute atomic E-state index is 12.6. The number of nitrogens with zero attached hydrogens (tertiary/aromatic N) is 2. The van der Waals surface area contributed by atoms with Crippen molar-refractivity contribution in [1.29, 1.82) is 0 Å². The molecule has 0 aliphatic carbocycles. The minimum atomic E-state index is -4.40. The minimum absolute atomic E-state index is 0.0825. The van der Waals surface area contributed by atoms with Crippen molar-refractivity contribution in [2.45, 2.75) is 25.9 Å². The summed E-state index contributed by atoms with van der Waals surface area (Å²) in [6.45, 7) is 1.85. The molecule has 3 nitrogen and oxygen atoms in total. The fourth-order valence-corrected chi connectivity index (χ4v) is 2.46. The number of carbonyl (C=O) groups excluding carboxylic acids is 1. The van der Waals surface area contributed by atoms with E-state index in [2.05, 4.69) is 9.59 Å². The van der Waals surface area contributed by atoms with Gasteiger partial charge in [0.1, 0.15) is 4.88 Å². The van der Waals surface area contributed by atoms with Crippen molar-refractivity contribution in [3.05, 3.63) is 46.0 Å². The lowest BCUT2D eigenvalue weighted by atomic mass is 10.0. The average molecular weight is 300 g/mol. The number of Topliss-reactive ketones (excluding diaryl/α,β-unsaturated/α-hetero) is 1. The highest BCUT2D eigenvalue weighted by Crippen LogP contribution is 2.29. The van der Waals surface area contributed by atoms with E-state index in [1.807, 2.05) is 6.92 Å². The number of benzene rings is 1. The van der Waals surface area contributed by atoms with Crippen LogP contribution in [-0.2, 0) is 19.0 Å². The maximum atomic E-state index is 12.6. The molecule has 0 saturated carbocycles. The third kappa shape index (κ3) is 3.22. The first kappa shape index (κ1) is 14.6. The summed E-state index contributed by atoms with van der Waals surface area (Å²) in [5.41, 5.74) is 0.174. The lowest BCUT2D eigenvalue weighted by Gasteiger charge is -2.08. The van der Waals surface area contributed by atoms with Gasteiger partial charge in [-0.05, 0) is 29.6 Å². The van der Waals surface area contributed by atoms with Gasteiger partial charge < -0.3 is 0 Å². The third-order valence-corrected chi connectivity index (χ3v) is 3.57. The second-order valence-electron chi connectivity index (χ2n) is 4.20. The summed E-state index contributed by atoms with van der Waals surface area (Å²) in [7, 11) is 0. The van der Waals surface area contributed by atoms with E-state index < -0.39 is 11.7 Å². The Morgan fingerprint density at radius 1 is 1.35 bits per heavy atom. The van der Waals surface area contributed by atoms with Gasteiger partial charge in [-0.15, -0.1) is 5.10 Å². The molecule has 0 fully saturated rings. The van der Waals surface area contributed by atoms with Crippen LogP contribution < -0.4 is 0 Å². The molecular formula is C13H11F3N2OS. The molecule has 0 aliphatic rings. The Morgan fingerprint density at radius 3 is 2.75 bits per heavy atom. The first-order valence-corrected chi connectivity index (χ1v) is 6.69. The number of carbonyl (C=O) groups is 1. The molecule has 106 valence electrons. The third-order valence-electron chi connectivity index (χ3n) is 2.76. The second-order valence-corrected chi connectivity index (χ2v) is 4.95. The van der Waals surface area contributed by atoms with E-state index in [-0.39, 0.29) is 12.2 Å². The Balaban J connectivity index is 2.20. The maximum Gasteiger partial charge on any atom is 0.416 e. The molecule has 2 aromatic rings. The number of halogens is 3. The SMILES string of the molecule is CCc1nnsc1C(=O)Cc1cccc(C(F)(F)F)c1. The molecule has 0 unspecified atom stereocenters. The Labute approximate surface area is 117 Å². The van der Waals surface area contributed by atoms with E-state index in [0.717, 1.165) is 23.7 Å². The van der Waals surface area contributed by atoms with E-state index in [4.69, 9.17) is 0 Å². The van der Waals surface area contributed by atoms with Crippen molar-refractivity contribution < 1.29 is 18.0 Å². The summed E-state index contributed by atoms with van der Waals surface area (Å²) in [5, 5.41) is 3.82. The smallest absolute Gasteiger partial charge is 0.293 e. The summed E-state index contributed by atoms with van der Waals surface area (Å²) in [4.78, 5) is 12.5. The van der Waals surface area contributed by atoms with E-state index in [1.165, 1.54) is 12.1 Å². The zero-order chi connectivity index (χ0) is 14.8. The van der Waals surface area contributed by atoms with Crippen LogP contribution in [0.5, 0.6) is 0 Å². The molecule has 0 amide bonds. The molecule has 1 aromatic carbocycles. The normalized spacial score (nSPS) is 11.6. The number of hydrogen-bond donors (Lipinski definition) is 0. The van der Waals surface area contributed by atoms with Gasteiger partial charge in [0.2, 0.25) is 0 Å². The summed E-state index contributed by atoms with van der Waals surface area (Å²) in [5.74, 6) is -0.254. The molecule has 2 rings (SSSR count). The monoisotopic (exact) mass is 300 g/mol. The Hall–Kier alpha value is -1.76. The molecule has 0 spiro atoms. The zero-order valence-electron chi connectivity index (χ0n) is 10.6. The molecule has 1 heterocycles. The molecule has 7 heteroatoms. The number of aryl methyl sites for hydroxylation is 1. The van der Waals surface area contributed by atoms with Crippen LogP contribution in [0.1, 0.15) is 33.4 Å². The standard InChI is InChI=1S/C13H11F3N2OS/c1-2-10-12(20-18-17-10)11(19)7-8-4-3-5-9(6-8)13(14,15)16/h3-6H,2,7H2,1H3. The van der Waals surface area contributed by atoms with Gasteiger partial charge in [-0.25, -0.2) is 0 Å². The summed E-state index contributed by atoms with van der Waals surface area (Å²) >= 11 is 0.978. The van der Waals surface area contributed by atoms with Gasteiger partial charge >= 0.3 is 6.18 Å². The predicted molar refractivity (Wildman–Crippen MR) is 68.8 cm³/mol. The van der Waals surface area contributed by atoms with Crippen molar-refractivity contribution in [1.82, 2.24) is 9.59 Å². The first-order chi connectivity index (χ1) is 9.41. The van der Waals surface area contributed by atoms with Crippen molar-refractivity contribution >= 4 is 17.3 Å². The molecule has 0 atom stereocenters. The first-order valence-electron chi connectivity index (χ1n) is 5.92. The van der Waals surface area contributed by atoms with Gasteiger partial charge in [0.25, 0.3) is 0 Å². The topological polar surface area (TPSA) is 42.9 Å². The second kappa shape index (κ2) is 5.70. The van der Waals surface area contributed by atoms with Gasteiger partial charge in [0, 0.05) is 6.42 Å². The highest BCUT2D eigenvalue weighted by molar-refractivity contribution is 7.08. The van der Waals surface area contributed by atoms with Crippen molar-refractivity contribution in [3.8, 4) is 0 Å². The van der Waals surface area contributed by atoms with Crippen LogP contribution in [0.15, 0.2) is 24.3 Å². The highest BCUT2D eigenvalue weighted by atomic mass is 32.1. The van der Waals surface area contributed by atoms with Gasteiger partial charge in [-0.2, -0.15) is 13.2 Å². The van der Waals surface area contributed by atoms with Gasteiger partial charge in [-0.1, -0.05) is 29.6 Å². The van der Waals surface area contributed by atoms with Crippen molar-refractivity contribution in [2.24, 2.45) is 0 Å². The van der Waals surface area contributed by atoms with Gasteiger partial charge in [0.15, 0.2) is 5.78 Å². The zero-order valence-corrected chi connectivity index (χ0v) is 11.4. The lowest BCUT2D eigenvalue weighted by Crippen LogP contribution is -2.08. The van der Waals surface area contributed by atoms with Crippen LogP contribution in [0.2, 0.25) is 0 Å². The molecular weight excluding hydrogens is 289 g/mol. The van der Waals surface area contributed by atoms with E-state index in [9.17, 15) is 18.0 Å². The van der Waals surface area contributed by atoms with E-state index in [1.54, 1.807) is 0 Å². The molecule has 20 heavy (non-hydrogen) atoms. The number of rotatable bonds is 4. The van der Waals surface area contributed by atoms with Crippen molar-refractivity contribution in [3.63, 3.8) is 0 Å². The number of ketones is 1. The van der Waals surface area contributed by atoms with Crippen LogP contribution >= 0.6 is 11.5 Å². The predicted octanol–water partition coefficient (Wildman–Crippen LogP) is 3.54. The quantitative estimate of drug-likeness (QED) is 0.811. The van der Waals surface area contributed by atoms with Crippen LogP contribution in [0.25, 0.3) is 0 Å². The summed E-state index contributed by atoms with van der Waals surface area (Å²) in [6.07, 6.45) is -3.92. The van der Waals surface area contributed by atoms with Crippen LogP contribution in [-0.4, -0.2) is 15.4 Å². The number of alkyl halides is 3. The van der Waals surface area contributed by atoms with Crippen LogP contribution in [0.4, 0.5) is 13.2 Å². The molecule has 0 bridgehead atoms.